The van der Waals surface area contributed by atoms with Crippen molar-refractivity contribution >= 4 is 23.5 Å². The maximum atomic E-state index is 15.3. The van der Waals surface area contributed by atoms with Gasteiger partial charge in [-0.15, -0.1) is 13.2 Å². The summed E-state index contributed by atoms with van der Waals surface area (Å²) in [4.78, 5) is 28.1. The van der Waals surface area contributed by atoms with E-state index in [1.165, 1.54) is 17.0 Å². The Bertz CT molecular complexity index is 1290. The minimum Gasteiger partial charge on any atom is -0.490 e. The predicted molar refractivity (Wildman–Crippen MR) is 142 cm³/mol. The third-order valence-corrected chi connectivity index (χ3v) is 8.05. The number of carboxylic acid groups (broad SMARTS) is 1. The molecule has 0 spiro atoms. The van der Waals surface area contributed by atoms with Gasteiger partial charge in [-0.1, -0.05) is 11.6 Å². The third kappa shape index (κ3) is 7.62. The van der Waals surface area contributed by atoms with Crippen molar-refractivity contribution in [2.45, 2.75) is 75.9 Å². The predicted octanol–water partition coefficient (Wildman–Crippen LogP) is 6.38. The normalized spacial score (nSPS) is 20.3. The molecule has 2 aliphatic heterocycles. The smallest absolute Gasteiger partial charge is 0.490 e. The van der Waals surface area contributed by atoms with Crippen molar-refractivity contribution in [1.29, 1.82) is 0 Å². The van der Waals surface area contributed by atoms with Crippen LogP contribution in [0.3, 0.4) is 0 Å². The summed E-state index contributed by atoms with van der Waals surface area (Å²) in [5, 5.41) is 9.26. The van der Waals surface area contributed by atoms with Gasteiger partial charge in [0, 0.05) is 43.3 Å². The van der Waals surface area contributed by atoms with Gasteiger partial charge in [0.15, 0.2) is 0 Å². The molecule has 2 aromatic rings. The van der Waals surface area contributed by atoms with Crippen molar-refractivity contribution in [1.82, 2.24) is 9.80 Å². The molecule has 0 radical (unpaired) electrons. The Labute approximate surface area is 240 Å². The molecule has 0 unspecified atom stereocenters. The fraction of sp³-hybridized carbons (Fsp3) is 0.517. The largest absolute Gasteiger partial charge is 0.573 e. The Morgan fingerprint density at radius 3 is 2.34 bits per heavy atom. The lowest BCUT2D eigenvalue weighted by Crippen LogP contribution is -2.38. The SMILES string of the molecule is O=C(O)C[C@@H]1CCCN1C(=O)c1cc(C2CC2)c(CN2CCC(Oc3cc(Cl)cc(OC(F)(F)F)c3)CC2)cc1F. The second-order valence-electron chi connectivity index (χ2n) is 11.0. The molecule has 1 N–H and O–H groups in total. The van der Waals surface area contributed by atoms with Crippen molar-refractivity contribution in [3.8, 4) is 11.5 Å². The topological polar surface area (TPSA) is 79.3 Å². The van der Waals surface area contributed by atoms with E-state index in [1.807, 2.05) is 0 Å². The van der Waals surface area contributed by atoms with Gasteiger partial charge < -0.3 is 19.5 Å². The highest BCUT2D eigenvalue weighted by molar-refractivity contribution is 6.30. The van der Waals surface area contributed by atoms with Crippen LogP contribution < -0.4 is 9.47 Å². The fourth-order valence-corrected chi connectivity index (χ4v) is 6.01. The number of nitrogens with zero attached hydrogens (tertiary/aromatic N) is 2. The van der Waals surface area contributed by atoms with Crippen LogP contribution >= 0.6 is 11.6 Å². The molecule has 2 heterocycles. The Hall–Kier alpha value is -3.05. The molecule has 1 atom stereocenters. The lowest BCUT2D eigenvalue weighted by molar-refractivity contribution is -0.274. The molecule has 2 saturated heterocycles. The quantitative estimate of drug-likeness (QED) is 0.338. The Morgan fingerprint density at radius 1 is 0.976 bits per heavy atom. The molecule has 12 heteroatoms. The number of hydrogen-bond donors (Lipinski definition) is 1. The van der Waals surface area contributed by atoms with E-state index in [4.69, 9.17) is 16.3 Å². The summed E-state index contributed by atoms with van der Waals surface area (Å²) in [6.07, 6.45) is -0.790. The lowest BCUT2D eigenvalue weighted by Gasteiger charge is -2.33. The number of alkyl halides is 3. The molecule has 222 valence electrons. The average Bonchev–Trinajstić information content (AvgIpc) is 3.61. The Morgan fingerprint density at radius 2 is 1.68 bits per heavy atom. The number of carboxylic acids is 1. The summed E-state index contributed by atoms with van der Waals surface area (Å²) in [6.45, 7) is 2.18. The van der Waals surface area contributed by atoms with E-state index in [-0.39, 0.29) is 34.8 Å². The van der Waals surface area contributed by atoms with E-state index in [0.717, 1.165) is 36.1 Å². The van der Waals surface area contributed by atoms with Crippen LogP contribution in [0.4, 0.5) is 17.6 Å². The number of benzene rings is 2. The van der Waals surface area contributed by atoms with E-state index < -0.39 is 35.8 Å². The summed E-state index contributed by atoms with van der Waals surface area (Å²) in [6, 6.07) is 6.35. The van der Waals surface area contributed by atoms with E-state index in [9.17, 15) is 27.9 Å². The van der Waals surface area contributed by atoms with Crippen molar-refractivity contribution in [3.63, 3.8) is 0 Å². The van der Waals surface area contributed by atoms with Crippen molar-refractivity contribution in [2.75, 3.05) is 19.6 Å². The first-order valence-corrected chi connectivity index (χ1v) is 14.1. The standard InChI is InChI=1S/C29H31ClF4N2O5/c30-19-11-22(14-23(12-19)41-29(32,33)34)40-21-5-8-35(9-6-21)16-18-10-26(31)25(15-24(18)17-3-4-17)28(39)36-7-1-2-20(36)13-27(37)38/h10-12,14-15,17,20-21H,1-9,13,16H2,(H,37,38)/t20-/m0/s1. The third-order valence-electron chi connectivity index (χ3n) is 7.83. The zero-order chi connectivity index (χ0) is 29.3. The molecule has 3 fully saturated rings. The van der Waals surface area contributed by atoms with Crippen LogP contribution in [0, 0.1) is 5.82 Å². The molecule has 1 saturated carbocycles. The van der Waals surface area contributed by atoms with Crippen molar-refractivity contribution < 1.29 is 41.7 Å². The van der Waals surface area contributed by atoms with E-state index in [1.54, 1.807) is 6.07 Å². The molecular formula is C29H31ClF4N2O5. The van der Waals surface area contributed by atoms with Crippen molar-refractivity contribution in [3.05, 3.63) is 57.9 Å². The van der Waals surface area contributed by atoms with Crippen LogP contribution in [0.15, 0.2) is 30.3 Å². The second kappa shape index (κ2) is 12.1. The number of amides is 1. The van der Waals surface area contributed by atoms with Crippen molar-refractivity contribution in [2.24, 2.45) is 0 Å². The molecule has 7 nitrogen and oxygen atoms in total. The van der Waals surface area contributed by atoms with E-state index in [0.29, 0.717) is 51.9 Å². The van der Waals surface area contributed by atoms with Crippen LogP contribution in [-0.4, -0.2) is 64.9 Å². The zero-order valence-electron chi connectivity index (χ0n) is 22.3. The van der Waals surface area contributed by atoms with Gasteiger partial charge in [-0.05, 0) is 79.8 Å². The first kappa shape index (κ1) is 29.4. The van der Waals surface area contributed by atoms with Crippen LogP contribution in [0.25, 0.3) is 0 Å². The van der Waals surface area contributed by atoms with Gasteiger partial charge in [0.05, 0.1) is 12.0 Å². The molecule has 1 aliphatic carbocycles. The second-order valence-corrected chi connectivity index (χ2v) is 11.4. The molecule has 0 bridgehead atoms. The maximum absolute atomic E-state index is 15.3. The van der Waals surface area contributed by atoms with Gasteiger partial charge in [0.2, 0.25) is 0 Å². The highest BCUT2D eigenvalue weighted by Gasteiger charge is 2.35. The number of hydrogen-bond acceptors (Lipinski definition) is 5. The molecule has 5 rings (SSSR count). The monoisotopic (exact) mass is 598 g/mol. The van der Waals surface area contributed by atoms with Crippen LogP contribution in [0.1, 0.15) is 72.3 Å². The number of likely N-dealkylation sites (tertiary alicyclic amines) is 2. The lowest BCUT2D eigenvalue weighted by atomic mass is 9.97. The summed E-state index contributed by atoms with van der Waals surface area (Å²) in [5.74, 6) is -2.03. The molecule has 2 aromatic carbocycles. The zero-order valence-corrected chi connectivity index (χ0v) is 23.0. The summed E-state index contributed by atoms with van der Waals surface area (Å²) in [5.41, 5.74) is 1.78. The number of ether oxygens (including phenoxy) is 2. The molecule has 3 aliphatic rings. The molecule has 0 aromatic heterocycles. The molecule has 41 heavy (non-hydrogen) atoms. The minimum absolute atomic E-state index is 0.00422. The van der Waals surface area contributed by atoms with Crippen LogP contribution in [0.2, 0.25) is 5.02 Å². The van der Waals surface area contributed by atoms with Gasteiger partial charge in [-0.2, -0.15) is 0 Å². The minimum atomic E-state index is -4.84. The fourth-order valence-electron chi connectivity index (χ4n) is 5.79. The van der Waals surface area contributed by atoms with Crippen LogP contribution in [0.5, 0.6) is 11.5 Å². The number of aliphatic carboxylic acids is 1. The summed E-state index contributed by atoms with van der Waals surface area (Å²) < 4.78 is 63.0. The summed E-state index contributed by atoms with van der Waals surface area (Å²) in [7, 11) is 0. The maximum Gasteiger partial charge on any atom is 0.573 e. The summed E-state index contributed by atoms with van der Waals surface area (Å²) >= 11 is 5.95. The number of rotatable bonds is 9. The van der Waals surface area contributed by atoms with Gasteiger partial charge in [-0.3, -0.25) is 14.5 Å². The van der Waals surface area contributed by atoms with E-state index in [2.05, 4.69) is 9.64 Å². The Kier molecular flexibility index (Phi) is 8.65. The average molecular weight is 599 g/mol. The number of carbonyl (C=O) groups excluding carboxylic acids is 1. The number of halogens is 5. The van der Waals surface area contributed by atoms with Crippen LogP contribution in [-0.2, 0) is 11.3 Å². The first-order valence-electron chi connectivity index (χ1n) is 13.8. The van der Waals surface area contributed by atoms with Gasteiger partial charge >= 0.3 is 12.3 Å². The highest BCUT2D eigenvalue weighted by atomic mass is 35.5. The van der Waals surface area contributed by atoms with Gasteiger partial charge in [0.1, 0.15) is 23.4 Å². The first-order chi connectivity index (χ1) is 19.4. The molecule has 1 amide bonds. The number of carbonyl (C=O) groups is 2. The molecular weight excluding hydrogens is 568 g/mol. The highest BCUT2D eigenvalue weighted by Crippen LogP contribution is 2.43. The van der Waals surface area contributed by atoms with Gasteiger partial charge in [0.25, 0.3) is 5.91 Å². The Balaban J connectivity index is 1.22. The van der Waals surface area contributed by atoms with E-state index >= 15 is 4.39 Å². The number of piperidine rings is 1. The van der Waals surface area contributed by atoms with Gasteiger partial charge in [-0.25, -0.2) is 4.39 Å².